The van der Waals surface area contributed by atoms with Gasteiger partial charge in [0.05, 0.1) is 5.75 Å². The Morgan fingerprint density at radius 1 is 1.11 bits per heavy atom. The van der Waals surface area contributed by atoms with Crippen molar-refractivity contribution in [1.82, 2.24) is 20.6 Å². The number of hydrogen-bond acceptors (Lipinski definition) is 7. The second-order valence-electron chi connectivity index (χ2n) is 5.57. The van der Waals surface area contributed by atoms with Crippen molar-refractivity contribution in [2.24, 2.45) is 0 Å². The second-order valence-corrected chi connectivity index (χ2v) is 6.51. The van der Waals surface area contributed by atoms with Crippen molar-refractivity contribution in [2.75, 3.05) is 12.8 Å². The smallest absolute Gasteiger partial charge is 0.321 e. The standard InChI is InChI=1S/C18H20N4O4S/c1-11-9-12(2)21-18(20-11)27-10-14(23)26-15(13-7-5-4-6-8-13)16(24)22-17(25)19-3/h4-9,15H,10H2,1-3H3,(H2,19,22,24,25)/t15-/m1/s1. The molecule has 1 aromatic heterocycles. The number of ether oxygens (including phenoxy) is 1. The number of hydrogen-bond donors (Lipinski definition) is 2. The minimum absolute atomic E-state index is 0.0700. The maximum Gasteiger partial charge on any atom is 0.321 e. The van der Waals surface area contributed by atoms with Crippen LogP contribution in [0.15, 0.2) is 41.6 Å². The first-order valence-electron chi connectivity index (χ1n) is 8.11. The summed E-state index contributed by atoms with van der Waals surface area (Å²) in [5.41, 5.74) is 2.05. The average Bonchev–Trinajstić information content (AvgIpc) is 2.64. The number of nitrogens with one attached hydrogen (secondary N) is 2. The number of aryl methyl sites for hydroxylation is 2. The fraction of sp³-hybridized carbons (Fsp3) is 0.278. The molecule has 9 heteroatoms. The zero-order valence-corrected chi connectivity index (χ0v) is 16.0. The van der Waals surface area contributed by atoms with Gasteiger partial charge in [-0.05, 0) is 19.9 Å². The quantitative estimate of drug-likeness (QED) is 0.442. The third-order valence-corrected chi connectivity index (χ3v) is 4.16. The molecule has 2 aromatic rings. The first kappa shape index (κ1) is 20.4. The lowest BCUT2D eigenvalue weighted by Crippen LogP contribution is -2.41. The molecule has 0 spiro atoms. The lowest BCUT2D eigenvalue weighted by Gasteiger charge is -2.17. The Kier molecular flexibility index (Phi) is 7.30. The monoisotopic (exact) mass is 388 g/mol. The third-order valence-electron chi connectivity index (χ3n) is 3.33. The van der Waals surface area contributed by atoms with Crippen LogP contribution in [0.2, 0.25) is 0 Å². The third kappa shape index (κ3) is 6.37. The molecule has 8 nitrogen and oxygen atoms in total. The van der Waals surface area contributed by atoms with Crippen LogP contribution in [0.3, 0.4) is 0 Å². The molecule has 0 aliphatic rings. The molecular formula is C18H20N4O4S. The Bertz CT molecular complexity index is 809. The van der Waals surface area contributed by atoms with Gasteiger partial charge in [-0.1, -0.05) is 42.1 Å². The van der Waals surface area contributed by atoms with Crippen molar-refractivity contribution in [3.63, 3.8) is 0 Å². The number of esters is 1. The molecule has 0 fully saturated rings. The summed E-state index contributed by atoms with van der Waals surface area (Å²) >= 11 is 1.12. The second kappa shape index (κ2) is 9.67. The van der Waals surface area contributed by atoms with E-state index in [2.05, 4.69) is 20.6 Å². The van der Waals surface area contributed by atoms with Gasteiger partial charge in [-0.25, -0.2) is 14.8 Å². The molecule has 0 aliphatic carbocycles. The number of aromatic nitrogens is 2. The molecule has 0 unspecified atom stereocenters. The van der Waals surface area contributed by atoms with Crippen LogP contribution in [0.4, 0.5) is 4.79 Å². The van der Waals surface area contributed by atoms with Crippen molar-refractivity contribution < 1.29 is 19.1 Å². The number of carbonyl (C=O) groups excluding carboxylic acids is 3. The first-order chi connectivity index (χ1) is 12.9. The van der Waals surface area contributed by atoms with Gasteiger partial charge < -0.3 is 10.1 Å². The van der Waals surface area contributed by atoms with Crippen LogP contribution >= 0.6 is 11.8 Å². The first-order valence-corrected chi connectivity index (χ1v) is 9.09. The van der Waals surface area contributed by atoms with Crippen LogP contribution in [-0.4, -0.2) is 40.7 Å². The Labute approximate surface area is 161 Å². The lowest BCUT2D eigenvalue weighted by molar-refractivity contribution is -0.153. The number of imide groups is 1. The van der Waals surface area contributed by atoms with Gasteiger partial charge in [-0.15, -0.1) is 0 Å². The number of urea groups is 1. The largest absolute Gasteiger partial charge is 0.447 e. The normalized spacial score (nSPS) is 11.4. The van der Waals surface area contributed by atoms with E-state index >= 15 is 0 Å². The zero-order chi connectivity index (χ0) is 19.8. The summed E-state index contributed by atoms with van der Waals surface area (Å²) in [7, 11) is 1.38. The molecule has 2 rings (SSSR count). The molecule has 1 heterocycles. The maximum absolute atomic E-state index is 12.3. The molecule has 0 saturated carbocycles. The molecule has 1 aromatic carbocycles. The van der Waals surface area contributed by atoms with E-state index in [4.69, 9.17) is 4.74 Å². The van der Waals surface area contributed by atoms with Crippen molar-refractivity contribution in [3.8, 4) is 0 Å². The highest BCUT2D eigenvalue weighted by Gasteiger charge is 2.26. The van der Waals surface area contributed by atoms with Crippen LogP contribution in [0, 0.1) is 13.8 Å². The number of benzene rings is 1. The summed E-state index contributed by atoms with van der Waals surface area (Å²) in [5.74, 6) is -1.43. The highest BCUT2D eigenvalue weighted by molar-refractivity contribution is 7.99. The molecule has 3 amide bonds. The number of amides is 3. The van der Waals surface area contributed by atoms with Gasteiger partial charge in [0.15, 0.2) is 5.16 Å². The van der Waals surface area contributed by atoms with Crippen LogP contribution in [0.5, 0.6) is 0 Å². The summed E-state index contributed by atoms with van der Waals surface area (Å²) in [6.45, 7) is 3.68. The van der Waals surface area contributed by atoms with Gasteiger partial charge in [-0.3, -0.25) is 14.9 Å². The highest BCUT2D eigenvalue weighted by Crippen LogP contribution is 2.20. The van der Waals surface area contributed by atoms with Crippen LogP contribution in [0.1, 0.15) is 23.1 Å². The van der Waals surface area contributed by atoms with E-state index < -0.39 is 24.0 Å². The molecule has 0 bridgehead atoms. The van der Waals surface area contributed by atoms with Crippen molar-refractivity contribution in [2.45, 2.75) is 25.1 Å². The van der Waals surface area contributed by atoms with E-state index in [1.165, 1.54) is 7.05 Å². The van der Waals surface area contributed by atoms with E-state index in [1.807, 2.05) is 19.9 Å². The Balaban J connectivity index is 2.06. The number of thioether (sulfide) groups is 1. The van der Waals surface area contributed by atoms with Crippen molar-refractivity contribution >= 4 is 29.7 Å². The highest BCUT2D eigenvalue weighted by atomic mass is 32.2. The predicted molar refractivity (Wildman–Crippen MR) is 100 cm³/mol. The minimum Gasteiger partial charge on any atom is -0.447 e. The predicted octanol–water partition coefficient (Wildman–Crippen LogP) is 1.93. The summed E-state index contributed by atoms with van der Waals surface area (Å²) in [5, 5.41) is 4.86. The molecule has 1 atom stereocenters. The van der Waals surface area contributed by atoms with Gasteiger partial charge in [0, 0.05) is 24.0 Å². The number of carbonyl (C=O) groups is 3. The molecular weight excluding hydrogens is 368 g/mol. The van der Waals surface area contributed by atoms with Crippen LogP contribution < -0.4 is 10.6 Å². The number of rotatable bonds is 6. The molecule has 0 aliphatic heterocycles. The van der Waals surface area contributed by atoms with E-state index in [0.29, 0.717) is 10.7 Å². The molecule has 0 saturated heterocycles. The lowest BCUT2D eigenvalue weighted by atomic mass is 10.1. The van der Waals surface area contributed by atoms with Crippen molar-refractivity contribution in [1.29, 1.82) is 0 Å². The average molecular weight is 388 g/mol. The topological polar surface area (TPSA) is 110 Å². The molecule has 142 valence electrons. The summed E-state index contributed by atoms with van der Waals surface area (Å²) in [4.78, 5) is 44.5. The fourth-order valence-corrected chi connectivity index (χ4v) is 2.92. The van der Waals surface area contributed by atoms with E-state index in [9.17, 15) is 14.4 Å². The fourth-order valence-electron chi connectivity index (χ4n) is 2.19. The Morgan fingerprint density at radius 2 is 1.74 bits per heavy atom. The van der Waals surface area contributed by atoms with E-state index in [-0.39, 0.29) is 5.75 Å². The van der Waals surface area contributed by atoms with Gasteiger partial charge in [0.2, 0.25) is 6.10 Å². The molecule has 27 heavy (non-hydrogen) atoms. The van der Waals surface area contributed by atoms with Gasteiger partial charge in [-0.2, -0.15) is 0 Å². The van der Waals surface area contributed by atoms with Gasteiger partial charge >= 0.3 is 12.0 Å². The Hall–Kier alpha value is -2.94. The summed E-state index contributed by atoms with van der Waals surface area (Å²) in [6.07, 6.45) is -1.24. The number of nitrogens with zero attached hydrogens (tertiary/aromatic N) is 2. The van der Waals surface area contributed by atoms with E-state index in [0.717, 1.165) is 23.1 Å². The SMILES string of the molecule is CNC(=O)NC(=O)[C@H](OC(=O)CSc1nc(C)cc(C)n1)c1ccccc1. The van der Waals surface area contributed by atoms with Gasteiger partial charge in [0.1, 0.15) is 0 Å². The van der Waals surface area contributed by atoms with Crippen LogP contribution in [-0.2, 0) is 14.3 Å². The summed E-state index contributed by atoms with van der Waals surface area (Å²) < 4.78 is 5.32. The van der Waals surface area contributed by atoms with E-state index in [1.54, 1.807) is 30.3 Å². The summed E-state index contributed by atoms with van der Waals surface area (Å²) in [6, 6.07) is 9.62. The Morgan fingerprint density at radius 3 is 2.33 bits per heavy atom. The van der Waals surface area contributed by atoms with Gasteiger partial charge in [0.25, 0.3) is 5.91 Å². The molecule has 0 radical (unpaired) electrons. The zero-order valence-electron chi connectivity index (χ0n) is 15.2. The maximum atomic E-state index is 12.3. The minimum atomic E-state index is -1.24. The van der Waals surface area contributed by atoms with Crippen LogP contribution in [0.25, 0.3) is 0 Å². The van der Waals surface area contributed by atoms with Crippen molar-refractivity contribution in [3.05, 3.63) is 53.3 Å². The molecule has 2 N–H and O–H groups in total.